The number of nitrogens with zero attached hydrogens (tertiary/aromatic N) is 1. The van der Waals surface area contributed by atoms with E-state index in [-0.39, 0.29) is 18.6 Å². The lowest BCUT2D eigenvalue weighted by Crippen LogP contribution is -2.33. The highest BCUT2D eigenvalue weighted by molar-refractivity contribution is 5.91. The van der Waals surface area contributed by atoms with E-state index in [1.54, 1.807) is 7.11 Å². The molecule has 0 bridgehead atoms. The van der Waals surface area contributed by atoms with Gasteiger partial charge in [-0.3, -0.25) is 4.79 Å². The Morgan fingerprint density at radius 1 is 1.38 bits per heavy atom. The van der Waals surface area contributed by atoms with E-state index in [2.05, 4.69) is 22.4 Å². The Morgan fingerprint density at radius 2 is 2.14 bits per heavy atom. The molecule has 2 heterocycles. The van der Waals surface area contributed by atoms with Crippen molar-refractivity contribution in [3.05, 3.63) is 36.5 Å². The first-order valence-electron chi connectivity index (χ1n) is 6.58. The molecule has 0 saturated carbocycles. The highest BCUT2D eigenvalue weighted by Gasteiger charge is 2.28. The molecule has 0 spiro atoms. The van der Waals surface area contributed by atoms with Crippen molar-refractivity contribution in [3.63, 3.8) is 0 Å². The number of carboxylic acid groups (broad SMARTS) is 1. The second-order valence-electron chi connectivity index (χ2n) is 4.55. The Kier molecular flexibility index (Phi) is 5.48. The lowest BCUT2D eigenvalue weighted by Gasteiger charge is -2.19. The van der Waals surface area contributed by atoms with Gasteiger partial charge >= 0.3 is 0 Å². The summed E-state index contributed by atoms with van der Waals surface area (Å²) in [5, 5.41) is 12.6. The minimum atomic E-state index is -0.250. The predicted molar refractivity (Wildman–Crippen MR) is 79.5 cm³/mol. The minimum Gasteiger partial charge on any atom is -0.483 e. The largest absolute Gasteiger partial charge is 0.483 e. The second kappa shape index (κ2) is 7.56. The molecule has 0 unspecified atom stereocenters. The van der Waals surface area contributed by atoms with E-state index in [4.69, 9.17) is 19.4 Å². The number of carbonyl (C=O) groups is 1. The molecule has 1 aromatic carbocycles. The zero-order valence-electron chi connectivity index (χ0n) is 11.7. The summed E-state index contributed by atoms with van der Waals surface area (Å²) >= 11 is 0. The molecule has 2 atom stereocenters. The molecular weight excluding hydrogens is 272 g/mol. The zero-order valence-corrected chi connectivity index (χ0v) is 11.7. The van der Waals surface area contributed by atoms with Gasteiger partial charge in [0.25, 0.3) is 6.47 Å². The van der Waals surface area contributed by atoms with Crippen LogP contribution in [0.2, 0.25) is 0 Å². The Labute approximate surface area is 122 Å². The average Bonchev–Trinajstić information content (AvgIpc) is 2.96. The van der Waals surface area contributed by atoms with Crippen molar-refractivity contribution in [2.75, 3.05) is 25.6 Å². The number of ether oxygens (including phenoxy) is 2. The normalized spacial score (nSPS) is 20.6. The third-order valence-corrected chi connectivity index (χ3v) is 3.33. The molecule has 112 valence electrons. The number of hydrogen-bond donors (Lipinski definition) is 2. The van der Waals surface area contributed by atoms with Crippen molar-refractivity contribution in [2.24, 2.45) is 0 Å². The van der Waals surface area contributed by atoms with Gasteiger partial charge in [0.15, 0.2) is 0 Å². The highest BCUT2D eigenvalue weighted by Crippen LogP contribution is 2.23. The number of methoxy groups -OCH3 is 1. The van der Waals surface area contributed by atoms with Crippen molar-refractivity contribution >= 4 is 23.1 Å². The number of anilines is 1. The van der Waals surface area contributed by atoms with E-state index >= 15 is 0 Å². The van der Waals surface area contributed by atoms with Crippen LogP contribution in [0, 0.1) is 0 Å². The van der Waals surface area contributed by atoms with Crippen molar-refractivity contribution in [1.82, 2.24) is 4.98 Å². The molecule has 0 radical (unpaired) electrons. The lowest BCUT2D eigenvalue weighted by molar-refractivity contribution is -0.122. The molecule has 21 heavy (non-hydrogen) atoms. The Morgan fingerprint density at radius 3 is 2.90 bits per heavy atom. The Bertz CT molecular complexity index is 585. The first kappa shape index (κ1) is 15.2. The van der Waals surface area contributed by atoms with E-state index < -0.39 is 0 Å². The number of rotatable bonds is 3. The van der Waals surface area contributed by atoms with Crippen LogP contribution in [0.25, 0.3) is 10.8 Å². The number of hydrogen-bond acceptors (Lipinski definition) is 5. The van der Waals surface area contributed by atoms with Crippen LogP contribution < -0.4 is 5.32 Å². The van der Waals surface area contributed by atoms with Gasteiger partial charge in [-0.05, 0) is 11.5 Å². The molecule has 0 aliphatic carbocycles. The van der Waals surface area contributed by atoms with E-state index in [1.807, 2.05) is 24.4 Å². The summed E-state index contributed by atoms with van der Waals surface area (Å²) in [6.07, 6.45) is 1.91. The maximum atomic E-state index is 8.36. The molecule has 1 fully saturated rings. The monoisotopic (exact) mass is 290 g/mol. The van der Waals surface area contributed by atoms with Gasteiger partial charge in [-0.1, -0.05) is 24.3 Å². The van der Waals surface area contributed by atoms with Crippen LogP contribution in [0.5, 0.6) is 0 Å². The molecule has 1 saturated heterocycles. The van der Waals surface area contributed by atoms with Crippen LogP contribution >= 0.6 is 0 Å². The van der Waals surface area contributed by atoms with Crippen LogP contribution in [-0.4, -0.2) is 49.0 Å². The summed E-state index contributed by atoms with van der Waals surface area (Å²) in [5.74, 6) is 0.894. The zero-order chi connectivity index (χ0) is 15.1. The summed E-state index contributed by atoms with van der Waals surface area (Å²) in [4.78, 5) is 12.8. The molecule has 6 nitrogen and oxygen atoms in total. The highest BCUT2D eigenvalue weighted by atomic mass is 16.5. The van der Waals surface area contributed by atoms with Gasteiger partial charge < -0.3 is 19.9 Å². The van der Waals surface area contributed by atoms with Gasteiger partial charge in [-0.15, -0.1) is 0 Å². The van der Waals surface area contributed by atoms with Gasteiger partial charge in [0, 0.05) is 18.7 Å². The second-order valence-corrected chi connectivity index (χ2v) is 4.55. The number of benzene rings is 1. The minimum absolute atomic E-state index is 0.0887. The molecule has 1 aliphatic rings. The maximum Gasteiger partial charge on any atom is 0.290 e. The molecule has 2 aromatic rings. The van der Waals surface area contributed by atoms with Crippen molar-refractivity contribution < 1.29 is 19.4 Å². The van der Waals surface area contributed by atoms with E-state index in [0.717, 1.165) is 11.2 Å². The smallest absolute Gasteiger partial charge is 0.290 e. The van der Waals surface area contributed by atoms with Crippen molar-refractivity contribution in [3.8, 4) is 0 Å². The fraction of sp³-hybridized carbons (Fsp3) is 0.333. The Hall–Kier alpha value is -2.18. The standard InChI is InChI=1S/C14H16N2O2.CH2O2/c1-17-13-9-18-8-12(13)16-14-11-5-3-2-4-10(11)6-7-15-14;2-1-3/h2-7,12-13H,8-9H2,1H3,(H,15,16);1H,(H,2,3)/t12-,13-;/m0./s1. The average molecular weight is 290 g/mol. The van der Waals surface area contributed by atoms with Crippen LogP contribution in [0.1, 0.15) is 0 Å². The van der Waals surface area contributed by atoms with Crippen molar-refractivity contribution in [2.45, 2.75) is 12.1 Å². The number of nitrogens with one attached hydrogen (secondary N) is 1. The third-order valence-electron chi connectivity index (χ3n) is 3.33. The molecular formula is C15H18N2O4. The van der Waals surface area contributed by atoms with E-state index in [0.29, 0.717) is 13.2 Å². The summed E-state index contributed by atoms with van der Waals surface area (Å²) < 4.78 is 10.8. The molecule has 2 N–H and O–H groups in total. The van der Waals surface area contributed by atoms with Gasteiger partial charge in [0.1, 0.15) is 11.9 Å². The molecule has 1 aliphatic heterocycles. The predicted octanol–water partition coefficient (Wildman–Crippen LogP) is 1.76. The summed E-state index contributed by atoms with van der Waals surface area (Å²) in [5.41, 5.74) is 0. The first-order valence-corrected chi connectivity index (χ1v) is 6.58. The SMILES string of the molecule is CO[C@H]1COC[C@@H]1Nc1nccc2ccccc12.O=CO. The van der Waals surface area contributed by atoms with Crippen LogP contribution in [0.3, 0.4) is 0 Å². The topological polar surface area (TPSA) is 80.7 Å². The van der Waals surface area contributed by atoms with Gasteiger partial charge in [-0.2, -0.15) is 0 Å². The van der Waals surface area contributed by atoms with Gasteiger partial charge in [-0.25, -0.2) is 4.98 Å². The molecule has 3 rings (SSSR count). The van der Waals surface area contributed by atoms with Crippen LogP contribution in [-0.2, 0) is 14.3 Å². The number of fused-ring (bicyclic) bond motifs is 1. The third kappa shape index (κ3) is 3.68. The first-order chi connectivity index (χ1) is 10.3. The summed E-state index contributed by atoms with van der Waals surface area (Å²) in [7, 11) is 1.71. The summed E-state index contributed by atoms with van der Waals surface area (Å²) in [6, 6.07) is 10.4. The molecule has 0 amide bonds. The van der Waals surface area contributed by atoms with Crippen LogP contribution in [0.4, 0.5) is 5.82 Å². The lowest BCUT2D eigenvalue weighted by atomic mass is 10.1. The fourth-order valence-electron chi connectivity index (χ4n) is 2.31. The van der Waals surface area contributed by atoms with Crippen LogP contribution in [0.15, 0.2) is 36.5 Å². The number of aromatic nitrogens is 1. The van der Waals surface area contributed by atoms with Gasteiger partial charge in [0.05, 0.1) is 19.3 Å². The number of pyridine rings is 1. The van der Waals surface area contributed by atoms with Gasteiger partial charge in [0.2, 0.25) is 0 Å². The van der Waals surface area contributed by atoms with Crippen molar-refractivity contribution in [1.29, 1.82) is 0 Å². The van der Waals surface area contributed by atoms with E-state index in [9.17, 15) is 0 Å². The molecule has 6 heteroatoms. The summed E-state index contributed by atoms with van der Waals surface area (Å²) in [6.45, 7) is 1.04. The maximum absolute atomic E-state index is 8.36. The van der Waals surface area contributed by atoms with E-state index in [1.165, 1.54) is 5.39 Å². The molecule has 1 aromatic heterocycles. The Balaban J connectivity index is 0.000000497. The fourth-order valence-corrected chi connectivity index (χ4v) is 2.31. The quantitative estimate of drug-likeness (QED) is 0.838.